The minimum Gasteiger partial charge on any atom is -0.468 e. The number of benzene rings is 1. The number of hydrogen-bond acceptors (Lipinski definition) is 3. The maximum atomic E-state index is 12.1. The van der Waals surface area contributed by atoms with Gasteiger partial charge in [0.2, 0.25) is 0 Å². The highest BCUT2D eigenvalue weighted by atomic mass is 16.3. The van der Waals surface area contributed by atoms with E-state index < -0.39 is 0 Å². The highest BCUT2D eigenvalue weighted by Gasteiger charge is 2.17. The van der Waals surface area contributed by atoms with Gasteiger partial charge in [0.15, 0.2) is 0 Å². The lowest BCUT2D eigenvalue weighted by atomic mass is 10.1. The van der Waals surface area contributed by atoms with Gasteiger partial charge in [-0.1, -0.05) is 6.07 Å². The number of furan rings is 1. The molecule has 0 fully saturated rings. The smallest absolute Gasteiger partial charge is 0.319 e. The molecule has 1 heterocycles. The zero-order valence-corrected chi connectivity index (χ0v) is 13.5. The molecule has 118 valence electrons. The van der Waals surface area contributed by atoms with Gasteiger partial charge in [-0.05, 0) is 63.3 Å². The SMILES string of the molecule is Cc1cc(C)cc(NC(=O)NCC(c2ccco2)N(C)C)c1. The molecule has 5 heteroatoms. The Labute approximate surface area is 131 Å². The summed E-state index contributed by atoms with van der Waals surface area (Å²) in [6, 6.07) is 9.51. The first-order valence-electron chi connectivity index (χ1n) is 7.28. The molecule has 0 spiro atoms. The van der Waals surface area contributed by atoms with Crippen LogP contribution in [0.2, 0.25) is 0 Å². The van der Waals surface area contributed by atoms with Crippen molar-refractivity contribution >= 4 is 11.7 Å². The van der Waals surface area contributed by atoms with Crippen molar-refractivity contribution in [2.75, 3.05) is 26.0 Å². The maximum absolute atomic E-state index is 12.1. The Kier molecular flexibility index (Phi) is 5.22. The number of nitrogens with zero attached hydrogens (tertiary/aromatic N) is 1. The number of nitrogens with one attached hydrogen (secondary N) is 2. The monoisotopic (exact) mass is 301 g/mol. The largest absolute Gasteiger partial charge is 0.468 e. The standard InChI is InChI=1S/C17H23N3O2/c1-12-8-13(2)10-14(9-12)19-17(21)18-11-15(20(3)4)16-6-5-7-22-16/h5-10,15H,11H2,1-4H3,(H2,18,19,21). The third kappa shape index (κ3) is 4.36. The summed E-state index contributed by atoms with van der Waals surface area (Å²) in [5.74, 6) is 0.830. The Balaban J connectivity index is 1.94. The minimum absolute atomic E-state index is 0.00000409. The summed E-state index contributed by atoms with van der Waals surface area (Å²) >= 11 is 0. The molecule has 1 aromatic carbocycles. The van der Waals surface area contributed by atoms with Gasteiger partial charge in [0.05, 0.1) is 12.3 Å². The molecule has 22 heavy (non-hydrogen) atoms. The Morgan fingerprint density at radius 1 is 1.23 bits per heavy atom. The van der Waals surface area contributed by atoms with E-state index >= 15 is 0 Å². The zero-order valence-electron chi connectivity index (χ0n) is 13.5. The average Bonchev–Trinajstić information content (AvgIpc) is 2.91. The molecule has 5 nitrogen and oxygen atoms in total. The van der Waals surface area contributed by atoms with E-state index in [0.717, 1.165) is 22.6 Å². The molecule has 2 N–H and O–H groups in total. The number of hydrogen-bond donors (Lipinski definition) is 2. The second-order valence-electron chi connectivity index (χ2n) is 5.71. The van der Waals surface area contributed by atoms with Crippen LogP contribution in [0.15, 0.2) is 41.0 Å². The molecule has 2 rings (SSSR count). The minimum atomic E-state index is -0.219. The summed E-state index contributed by atoms with van der Waals surface area (Å²) < 4.78 is 5.43. The number of carbonyl (C=O) groups is 1. The number of amides is 2. The van der Waals surface area contributed by atoms with Crippen molar-refractivity contribution in [3.63, 3.8) is 0 Å². The van der Waals surface area contributed by atoms with E-state index in [9.17, 15) is 4.79 Å². The van der Waals surface area contributed by atoms with E-state index in [1.165, 1.54) is 0 Å². The summed E-state index contributed by atoms with van der Waals surface area (Å²) in [5, 5.41) is 5.75. The molecule has 0 aliphatic rings. The first kappa shape index (κ1) is 16.1. The summed E-state index contributed by atoms with van der Waals surface area (Å²) in [6.07, 6.45) is 1.64. The number of aryl methyl sites for hydroxylation is 2. The van der Waals surface area contributed by atoms with E-state index in [1.807, 2.05) is 57.1 Å². The molecular formula is C17H23N3O2. The van der Waals surface area contributed by atoms with Crippen molar-refractivity contribution in [2.24, 2.45) is 0 Å². The van der Waals surface area contributed by atoms with Crippen LogP contribution in [0.4, 0.5) is 10.5 Å². The molecule has 1 unspecified atom stereocenters. The van der Waals surface area contributed by atoms with Crippen LogP contribution >= 0.6 is 0 Å². The van der Waals surface area contributed by atoms with Crippen LogP contribution in [0.25, 0.3) is 0 Å². The van der Waals surface area contributed by atoms with Crippen molar-refractivity contribution < 1.29 is 9.21 Å². The maximum Gasteiger partial charge on any atom is 0.319 e. The molecule has 2 aromatic rings. The molecule has 0 radical (unpaired) electrons. The van der Waals surface area contributed by atoms with Crippen molar-refractivity contribution in [1.29, 1.82) is 0 Å². The van der Waals surface area contributed by atoms with Gasteiger partial charge in [-0.15, -0.1) is 0 Å². The number of rotatable bonds is 5. The number of urea groups is 1. The highest BCUT2D eigenvalue weighted by Crippen LogP contribution is 2.18. The van der Waals surface area contributed by atoms with Gasteiger partial charge in [-0.2, -0.15) is 0 Å². The second kappa shape index (κ2) is 7.13. The Morgan fingerprint density at radius 2 is 1.91 bits per heavy atom. The molecule has 1 atom stereocenters. The van der Waals surface area contributed by atoms with E-state index in [4.69, 9.17) is 4.42 Å². The Hall–Kier alpha value is -2.27. The molecule has 0 bridgehead atoms. The van der Waals surface area contributed by atoms with Gasteiger partial charge in [0.25, 0.3) is 0 Å². The zero-order chi connectivity index (χ0) is 16.1. The van der Waals surface area contributed by atoms with E-state index in [0.29, 0.717) is 6.54 Å². The second-order valence-corrected chi connectivity index (χ2v) is 5.71. The van der Waals surface area contributed by atoms with E-state index in [2.05, 4.69) is 16.7 Å². The van der Waals surface area contributed by atoms with Crippen molar-refractivity contribution in [1.82, 2.24) is 10.2 Å². The Morgan fingerprint density at radius 3 is 2.45 bits per heavy atom. The fourth-order valence-electron chi connectivity index (χ4n) is 2.43. The third-order valence-corrected chi connectivity index (χ3v) is 3.43. The van der Waals surface area contributed by atoms with E-state index in [1.54, 1.807) is 6.26 Å². The summed E-state index contributed by atoms with van der Waals surface area (Å²) in [4.78, 5) is 14.1. The van der Waals surface area contributed by atoms with E-state index in [-0.39, 0.29) is 12.1 Å². The highest BCUT2D eigenvalue weighted by molar-refractivity contribution is 5.89. The first-order valence-corrected chi connectivity index (χ1v) is 7.28. The predicted molar refractivity (Wildman–Crippen MR) is 88.1 cm³/mol. The topological polar surface area (TPSA) is 57.5 Å². The van der Waals surface area contributed by atoms with Crippen LogP contribution in [0, 0.1) is 13.8 Å². The first-order chi connectivity index (χ1) is 10.5. The summed E-state index contributed by atoms with van der Waals surface area (Å²) in [6.45, 7) is 4.49. The van der Waals surface area contributed by atoms with Gasteiger partial charge in [0, 0.05) is 12.2 Å². The van der Waals surface area contributed by atoms with Crippen LogP contribution in [0.3, 0.4) is 0 Å². The van der Waals surface area contributed by atoms with Crippen LogP contribution < -0.4 is 10.6 Å². The summed E-state index contributed by atoms with van der Waals surface area (Å²) in [5.41, 5.74) is 3.04. The Bertz CT molecular complexity index is 601. The van der Waals surface area contributed by atoms with Crippen molar-refractivity contribution in [3.8, 4) is 0 Å². The molecule has 0 aliphatic heterocycles. The van der Waals surface area contributed by atoms with Gasteiger partial charge in [0.1, 0.15) is 5.76 Å². The predicted octanol–water partition coefficient (Wildman–Crippen LogP) is 3.32. The number of carbonyl (C=O) groups excluding carboxylic acids is 1. The van der Waals surface area contributed by atoms with Gasteiger partial charge in [-0.3, -0.25) is 4.90 Å². The van der Waals surface area contributed by atoms with Crippen molar-refractivity contribution in [3.05, 3.63) is 53.5 Å². The lowest BCUT2D eigenvalue weighted by molar-refractivity contribution is 0.233. The number of likely N-dealkylation sites (N-methyl/N-ethyl adjacent to an activating group) is 1. The van der Waals surface area contributed by atoms with Gasteiger partial charge in [-0.25, -0.2) is 4.79 Å². The van der Waals surface area contributed by atoms with Crippen LogP contribution in [0.1, 0.15) is 22.9 Å². The normalized spacial score (nSPS) is 12.2. The van der Waals surface area contributed by atoms with Crippen LogP contribution in [0.5, 0.6) is 0 Å². The molecule has 2 amide bonds. The van der Waals surface area contributed by atoms with Crippen LogP contribution in [-0.4, -0.2) is 31.6 Å². The molecule has 0 saturated carbocycles. The quantitative estimate of drug-likeness (QED) is 0.890. The van der Waals surface area contributed by atoms with Crippen molar-refractivity contribution in [2.45, 2.75) is 19.9 Å². The fraction of sp³-hybridized carbons (Fsp3) is 0.353. The molecule has 0 saturated heterocycles. The fourth-order valence-corrected chi connectivity index (χ4v) is 2.43. The summed E-state index contributed by atoms with van der Waals surface area (Å²) in [7, 11) is 3.91. The molecule has 1 aromatic heterocycles. The number of anilines is 1. The lowest BCUT2D eigenvalue weighted by Crippen LogP contribution is -2.36. The molecule has 0 aliphatic carbocycles. The van der Waals surface area contributed by atoms with Gasteiger partial charge >= 0.3 is 6.03 Å². The van der Waals surface area contributed by atoms with Gasteiger partial charge < -0.3 is 15.1 Å². The third-order valence-electron chi connectivity index (χ3n) is 3.43. The average molecular weight is 301 g/mol. The molecular weight excluding hydrogens is 278 g/mol. The van der Waals surface area contributed by atoms with Crippen LogP contribution in [-0.2, 0) is 0 Å². The lowest BCUT2D eigenvalue weighted by Gasteiger charge is -2.22.